The van der Waals surface area contributed by atoms with Gasteiger partial charge >= 0.3 is 5.97 Å². The maximum atomic E-state index is 12.9. The lowest BCUT2D eigenvalue weighted by Crippen LogP contribution is -2.57. The first-order valence-electron chi connectivity index (χ1n) is 12.9. The fraction of sp³-hybridized carbons (Fsp3) is 0.464. The van der Waals surface area contributed by atoms with Crippen LogP contribution in [0, 0.1) is 0 Å². The first-order chi connectivity index (χ1) is 17.5. The molecule has 2 saturated heterocycles. The van der Waals surface area contributed by atoms with Crippen LogP contribution in [0.15, 0.2) is 54.6 Å². The Morgan fingerprint density at radius 3 is 2.33 bits per heavy atom. The SMILES string of the molecule is CCOC(=O)C1(NC(=O)CC(=O)Nc2ccc(N3CCCCC3)cc2)CCN(Cc2ccccc2)C1. The van der Waals surface area contributed by atoms with Crippen LogP contribution >= 0.6 is 0 Å². The molecule has 0 aliphatic carbocycles. The van der Waals surface area contributed by atoms with Crippen LogP contribution in [-0.2, 0) is 25.7 Å². The zero-order valence-corrected chi connectivity index (χ0v) is 21.0. The lowest BCUT2D eigenvalue weighted by Gasteiger charge is -2.29. The summed E-state index contributed by atoms with van der Waals surface area (Å²) in [6.45, 7) is 5.73. The Morgan fingerprint density at radius 2 is 1.64 bits per heavy atom. The van der Waals surface area contributed by atoms with Crippen LogP contribution in [0.2, 0.25) is 0 Å². The van der Waals surface area contributed by atoms with Crippen molar-refractivity contribution >= 4 is 29.2 Å². The highest BCUT2D eigenvalue weighted by molar-refractivity contribution is 6.04. The van der Waals surface area contributed by atoms with E-state index < -0.39 is 23.3 Å². The van der Waals surface area contributed by atoms with Crippen molar-refractivity contribution in [3.63, 3.8) is 0 Å². The van der Waals surface area contributed by atoms with Crippen LogP contribution in [0.1, 0.15) is 44.6 Å². The third-order valence-electron chi connectivity index (χ3n) is 6.84. The molecule has 0 bridgehead atoms. The maximum Gasteiger partial charge on any atom is 0.333 e. The zero-order valence-electron chi connectivity index (χ0n) is 21.0. The number of esters is 1. The van der Waals surface area contributed by atoms with Gasteiger partial charge in [-0.1, -0.05) is 30.3 Å². The molecule has 4 rings (SSSR count). The van der Waals surface area contributed by atoms with E-state index in [2.05, 4.69) is 20.4 Å². The Hall–Kier alpha value is -3.39. The summed E-state index contributed by atoms with van der Waals surface area (Å²) in [4.78, 5) is 42.8. The quantitative estimate of drug-likeness (QED) is 0.412. The molecule has 8 nitrogen and oxygen atoms in total. The summed E-state index contributed by atoms with van der Waals surface area (Å²) in [5.41, 5.74) is 1.76. The number of hydrogen-bond donors (Lipinski definition) is 2. The molecule has 8 heteroatoms. The van der Waals surface area contributed by atoms with Crippen LogP contribution < -0.4 is 15.5 Å². The third kappa shape index (κ3) is 6.63. The van der Waals surface area contributed by atoms with Crippen LogP contribution in [0.5, 0.6) is 0 Å². The number of amides is 2. The van der Waals surface area contributed by atoms with Gasteiger partial charge in [0.15, 0.2) is 5.54 Å². The Morgan fingerprint density at radius 1 is 0.917 bits per heavy atom. The summed E-state index contributed by atoms with van der Waals surface area (Å²) in [6.07, 6.45) is 3.74. The summed E-state index contributed by atoms with van der Waals surface area (Å²) < 4.78 is 5.31. The lowest BCUT2D eigenvalue weighted by molar-refractivity contribution is -0.153. The third-order valence-corrected chi connectivity index (χ3v) is 6.84. The molecule has 2 heterocycles. The minimum Gasteiger partial charge on any atom is -0.464 e. The Balaban J connectivity index is 1.33. The van der Waals surface area contributed by atoms with Gasteiger partial charge < -0.3 is 20.3 Å². The molecule has 36 heavy (non-hydrogen) atoms. The largest absolute Gasteiger partial charge is 0.464 e. The topological polar surface area (TPSA) is 91.0 Å². The van der Waals surface area contributed by atoms with Crippen molar-refractivity contribution in [2.75, 3.05) is 43.0 Å². The molecule has 2 amide bonds. The van der Waals surface area contributed by atoms with Crippen LogP contribution in [0.4, 0.5) is 11.4 Å². The molecule has 1 unspecified atom stereocenters. The van der Waals surface area contributed by atoms with Crippen LogP contribution in [0.3, 0.4) is 0 Å². The molecule has 2 N–H and O–H groups in total. The molecule has 0 radical (unpaired) electrons. The van der Waals surface area contributed by atoms with Crippen molar-refractivity contribution in [2.45, 2.75) is 51.1 Å². The molecular weight excluding hydrogens is 456 g/mol. The highest BCUT2D eigenvalue weighted by Gasteiger charge is 2.47. The van der Waals surface area contributed by atoms with Gasteiger partial charge in [-0.2, -0.15) is 0 Å². The van der Waals surface area contributed by atoms with Gasteiger partial charge in [0, 0.05) is 44.1 Å². The molecule has 2 aliphatic heterocycles. The van der Waals surface area contributed by atoms with E-state index in [0.29, 0.717) is 31.7 Å². The molecule has 0 saturated carbocycles. The number of rotatable bonds is 9. The number of carbonyl (C=O) groups is 3. The average Bonchev–Trinajstić information content (AvgIpc) is 3.29. The number of benzene rings is 2. The van der Waals surface area contributed by atoms with E-state index in [1.54, 1.807) is 6.92 Å². The van der Waals surface area contributed by atoms with Crippen molar-refractivity contribution in [1.82, 2.24) is 10.2 Å². The van der Waals surface area contributed by atoms with Crippen molar-refractivity contribution < 1.29 is 19.1 Å². The van der Waals surface area contributed by atoms with E-state index in [1.165, 1.54) is 19.3 Å². The van der Waals surface area contributed by atoms with E-state index in [0.717, 1.165) is 24.3 Å². The van der Waals surface area contributed by atoms with Crippen molar-refractivity contribution in [2.24, 2.45) is 0 Å². The van der Waals surface area contributed by atoms with E-state index in [4.69, 9.17) is 4.74 Å². The molecule has 192 valence electrons. The highest BCUT2D eigenvalue weighted by atomic mass is 16.5. The van der Waals surface area contributed by atoms with E-state index in [1.807, 2.05) is 54.6 Å². The van der Waals surface area contributed by atoms with Crippen LogP contribution in [-0.4, -0.2) is 61.0 Å². The summed E-state index contributed by atoms with van der Waals surface area (Å²) in [5.74, 6) is -1.37. The second-order valence-electron chi connectivity index (χ2n) is 9.62. The number of nitrogens with one attached hydrogen (secondary N) is 2. The predicted molar refractivity (Wildman–Crippen MR) is 140 cm³/mol. The number of nitrogens with zero attached hydrogens (tertiary/aromatic N) is 2. The average molecular weight is 493 g/mol. The normalized spacial score (nSPS) is 20.1. The standard InChI is InChI=1S/C28H36N4O4/c1-2-36-27(35)28(15-18-31(21-28)20-22-9-5-3-6-10-22)30-26(34)19-25(33)29-23-11-13-24(14-12-23)32-16-7-4-8-17-32/h3,5-6,9-14H,2,4,7-8,15-21H2,1H3,(H,29,33)(H,30,34). The Bertz CT molecular complexity index is 1040. The second kappa shape index (κ2) is 12.0. The maximum absolute atomic E-state index is 12.9. The number of ether oxygens (including phenoxy) is 1. The van der Waals surface area contributed by atoms with Gasteiger partial charge in [0.05, 0.1) is 6.61 Å². The number of likely N-dealkylation sites (tertiary alicyclic amines) is 1. The summed E-state index contributed by atoms with van der Waals surface area (Å²) in [6, 6.07) is 17.7. The summed E-state index contributed by atoms with van der Waals surface area (Å²) in [7, 11) is 0. The van der Waals surface area contributed by atoms with E-state index in [-0.39, 0.29) is 13.0 Å². The molecule has 1 atom stereocenters. The summed E-state index contributed by atoms with van der Waals surface area (Å²) >= 11 is 0. The fourth-order valence-electron chi connectivity index (χ4n) is 5.02. The number of hydrogen-bond acceptors (Lipinski definition) is 6. The first kappa shape index (κ1) is 25.7. The van der Waals surface area contributed by atoms with Gasteiger partial charge in [0.2, 0.25) is 11.8 Å². The van der Waals surface area contributed by atoms with Gasteiger partial charge in [-0.05, 0) is 62.4 Å². The van der Waals surface area contributed by atoms with Crippen molar-refractivity contribution in [1.29, 1.82) is 0 Å². The highest BCUT2D eigenvalue weighted by Crippen LogP contribution is 2.26. The molecular formula is C28H36N4O4. The van der Waals surface area contributed by atoms with Crippen LogP contribution in [0.25, 0.3) is 0 Å². The predicted octanol–water partition coefficient (Wildman–Crippen LogP) is 3.33. The van der Waals surface area contributed by atoms with Gasteiger partial charge in [-0.25, -0.2) is 4.79 Å². The van der Waals surface area contributed by atoms with E-state index >= 15 is 0 Å². The van der Waals surface area contributed by atoms with E-state index in [9.17, 15) is 14.4 Å². The fourth-order valence-corrected chi connectivity index (χ4v) is 5.02. The molecule has 2 aromatic carbocycles. The van der Waals surface area contributed by atoms with Gasteiger partial charge in [-0.15, -0.1) is 0 Å². The number of anilines is 2. The van der Waals surface area contributed by atoms with Crippen molar-refractivity contribution in [3.05, 3.63) is 60.2 Å². The van der Waals surface area contributed by atoms with Crippen molar-refractivity contribution in [3.8, 4) is 0 Å². The first-order valence-corrected chi connectivity index (χ1v) is 12.9. The monoisotopic (exact) mass is 492 g/mol. The molecule has 2 aliphatic rings. The number of piperidine rings is 1. The smallest absolute Gasteiger partial charge is 0.333 e. The summed E-state index contributed by atoms with van der Waals surface area (Å²) in [5, 5.41) is 5.63. The lowest BCUT2D eigenvalue weighted by atomic mass is 9.98. The van der Waals surface area contributed by atoms with Gasteiger partial charge in [0.25, 0.3) is 0 Å². The van der Waals surface area contributed by atoms with Gasteiger partial charge in [-0.3, -0.25) is 14.5 Å². The molecule has 2 fully saturated rings. The molecule has 0 aromatic heterocycles. The second-order valence-corrected chi connectivity index (χ2v) is 9.62. The Labute approximate surface area is 213 Å². The Kier molecular flexibility index (Phi) is 8.59. The molecule has 0 spiro atoms. The minimum absolute atomic E-state index is 0.225. The zero-order chi connectivity index (χ0) is 25.4. The van der Waals surface area contributed by atoms with Gasteiger partial charge in [0.1, 0.15) is 6.42 Å². The molecule has 2 aromatic rings. The number of carbonyl (C=O) groups excluding carboxylic acids is 3. The minimum atomic E-state index is -1.15.